The highest BCUT2D eigenvalue weighted by Crippen LogP contribution is 2.26. The highest BCUT2D eigenvalue weighted by molar-refractivity contribution is 8.01. The van der Waals surface area contributed by atoms with Crippen molar-refractivity contribution in [3.05, 3.63) is 44.7 Å². The largest absolute Gasteiger partial charge is 0.296 e. The maximum Gasteiger partial charge on any atom is 0.267 e. The fraction of sp³-hybridized carbons (Fsp3) is 0.200. The number of benzene rings is 1. The molecule has 1 N–H and O–H groups in total. The van der Waals surface area contributed by atoms with Gasteiger partial charge >= 0.3 is 0 Å². The van der Waals surface area contributed by atoms with Crippen molar-refractivity contribution < 1.29 is 4.79 Å². The number of aromatic nitrogens is 2. The number of thioether (sulfide) groups is 1. The van der Waals surface area contributed by atoms with Crippen LogP contribution in [0.2, 0.25) is 0 Å². The van der Waals surface area contributed by atoms with E-state index >= 15 is 0 Å². The topological polar surface area (TPSA) is 72.0 Å². The predicted octanol–water partition coefficient (Wildman–Crippen LogP) is 3.87. The van der Waals surface area contributed by atoms with Crippen molar-refractivity contribution in [3.8, 4) is 0 Å². The molecule has 0 fully saturated rings. The average Bonchev–Trinajstić information content (AvgIpc) is 3.00. The van der Waals surface area contributed by atoms with Gasteiger partial charge in [0, 0.05) is 11.1 Å². The van der Waals surface area contributed by atoms with Crippen LogP contribution in [0.4, 0.5) is 5.13 Å². The minimum Gasteiger partial charge on any atom is -0.296 e. The standard InChI is InChI=1S/C15H13N3O2S3/c1-2-7-21-15-18-17-14(23-15)16-12(19)11-8-9-5-3-4-6-10(9)13(20)22-11/h3-6,8H,2,7H2,1H3,(H,16,17,19). The molecule has 0 unspecified atom stereocenters. The summed E-state index contributed by atoms with van der Waals surface area (Å²) in [5.74, 6) is 0.635. The molecule has 2 heterocycles. The molecule has 0 spiro atoms. The zero-order chi connectivity index (χ0) is 16.2. The second-order valence-electron chi connectivity index (χ2n) is 4.66. The molecular formula is C15H13N3O2S3. The summed E-state index contributed by atoms with van der Waals surface area (Å²) in [7, 11) is 0. The van der Waals surface area contributed by atoms with E-state index < -0.39 is 0 Å². The molecule has 8 heteroatoms. The SMILES string of the molecule is CCCSc1nnc(NC(=O)c2cc3ccccc3c(=O)s2)s1. The number of nitrogens with zero attached hydrogens (tertiary/aromatic N) is 2. The van der Waals surface area contributed by atoms with E-state index in [1.54, 1.807) is 23.9 Å². The second kappa shape index (κ2) is 7.20. The minimum atomic E-state index is -0.332. The molecule has 1 amide bonds. The summed E-state index contributed by atoms with van der Waals surface area (Å²) >= 11 is 3.89. The van der Waals surface area contributed by atoms with Crippen LogP contribution in [-0.4, -0.2) is 21.9 Å². The van der Waals surface area contributed by atoms with Crippen molar-refractivity contribution in [2.24, 2.45) is 0 Å². The normalized spacial score (nSPS) is 10.8. The summed E-state index contributed by atoms with van der Waals surface area (Å²) in [6.07, 6.45) is 1.05. The molecule has 0 saturated heterocycles. The molecule has 118 valence electrons. The van der Waals surface area contributed by atoms with Crippen molar-refractivity contribution in [3.63, 3.8) is 0 Å². The van der Waals surface area contributed by atoms with Gasteiger partial charge in [-0.15, -0.1) is 10.2 Å². The minimum absolute atomic E-state index is 0.121. The van der Waals surface area contributed by atoms with Crippen molar-refractivity contribution in [1.29, 1.82) is 0 Å². The Labute approximate surface area is 144 Å². The summed E-state index contributed by atoms with van der Waals surface area (Å²) in [5.41, 5.74) is 0. The fourth-order valence-corrected chi connectivity index (χ4v) is 4.41. The Morgan fingerprint density at radius 2 is 2.09 bits per heavy atom. The first-order chi connectivity index (χ1) is 11.2. The fourth-order valence-electron chi connectivity index (χ4n) is 1.91. The van der Waals surface area contributed by atoms with Gasteiger partial charge in [0.2, 0.25) is 9.87 Å². The van der Waals surface area contributed by atoms with E-state index in [-0.39, 0.29) is 10.6 Å². The molecule has 0 aliphatic rings. The van der Waals surface area contributed by atoms with E-state index in [4.69, 9.17) is 0 Å². The van der Waals surface area contributed by atoms with E-state index in [0.717, 1.165) is 33.2 Å². The quantitative estimate of drug-likeness (QED) is 0.550. The van der Waals surface area contributed by atoms with Gasteiger partial charge in [-0.2, -0.15) is 0 Å². The third kappa shape index (κ3) is 3.77. The van der Waals surface area contributed by atoms with Gasteiger partial charge in [-0.25, -0.2) is 0 Å². The summed E-state index contributed by atoms with van der Waals surface area (Å²) in [6, 6.07) is 8.97. The average molecular weight is 363 g/mol. The molecule has 0 radical (unpaired) electrons. The van der Waals surface area contributed by atoms with Crippen LogP contribution >= 0.6 is 34.4 Å². The maximum atomic E-state index is 12.3. The lowest BCUT2D eigenvalue weighted by Crippen LogP contribution is -2.12. The molecule has 0 bridgehead atoms. The summed E-state index contributed by atoms with van der Waals surface area (Å²) in [5, 5.41) is 12.5. The van der Waals surface area contributed by atoms with Gasteiger partial charge in [0.05, 0.1) is 4.88 Å². The number of carbonyl (C=O) groups excluding carboxylic acids is 1. The van der Waals surface area contributed by atoms with Gasteiger partial charge in [-0.3, -0.25) is 14.9 Å². The Morgan fingerprint density at radius 1 is 1.26 bits per heavy atom. The number of rotatable bonds is 5. The lowest BCUT2D eigenvalue weighted by molar-refractivity contribution is 0.103. The lowest BCUT2D eigenvalue weighted by Gasteiger charge is -2.02. The summed E-state index contributed by atoms with van der Waals surface area (Å²) < 4.78 is 0.707. The van der Waals surface area contributed by atoms with Crippen LogP contribution in [0.25, 0.3) is 10.8 Å². The number of fused-ring (bicyclic) bond motifs is 1. The first-order valence-corrected chi connectivity index (χ1v) is 9.60. The number of nitrogens with one attached hydrogen (secondary N) is 1. The second-order valence-corrected chi connectivity index (χ2v) is 8.00. The van der Waals surface area contributed by atoms with Crippen LogP contribution in [0.15, 0.2) is 39.5 Å². The number of carbonyl (C=O) groups is 1. The Bertz CT molecular complexity index is 904. The van der Waals surface area contributed by atoms with Crippen molar-refractivity contribution in [1.82, 2.24) is 10.2 Å². The molecule has 0 aliphatic carbocycles. The van der Waals surface area contributed by atoms with Gasteiger partial charge in [0.15, 0.2) is 4.34 Å². The van der Waals surface area contributed by atoms with Gasteiger partial charge < -0.3 is 0 Å². The third-order valence-electron chi connectivity index (χ3n) is 2.95. The Morgan fingerprint density at radius 3 is 2.91 bits per heavy atom. The molecule has 1 aromatic carbocycles. The molecular weight excluding hydrogens is 350 g/mol. The molecule has 5 nitrogen and oxygen atoms in total. The van der Waals surface area contributed by atoms with Crippen LogP contribution in [0, 0.1) is 0 Å². The number of anilines is 1. The molecule has 0 aliphatic heterocycles. The number of amides is 1. The number of hydrogen-bond acceptors (Lipinski definition) is 7. The van der Waals surface area contributed by atoms with Gasteiger partial charge in [-0.05, 0) is 23.9 Å². The highest BCUT2D eigenvalue weighted by Gasteiger charge is 2.13. The highest BCUT2D eigenvalue weighted by atomic mass is 32.2. The summed E-state index contributed by atoms with van der Waals surface area (Å²) in [4.78, 5) is 24.8. The van der Waals surface area contributed by atoms with E-state index in [9.17, 15) is 9.59 Å². The molecule has 23 heavy (non-hydrogen) atoms. The van der Waals surface area contributed by atoms with Crippen LogP contribution in [0.1, 0.15) is 23.0 Å². The van der Waals surface area contributed by atoms with E-state index in [2.05, 4.69) is 22.4 Å². The van der Waals surface area contributed by atoms with E-state index in [1.807, 2.05) is 18.2 Å². The third-order valence-corrected chi connectivity index (χ3v) is 6.06. The Hall–Kier alpha value is -1.77. The van der Waals surface area contributed by atoms with E-state index in [1.165, 1.54) is 11.3 Å². The first-order valence-electron chi connectivity index (χ1n) is 6.98. The molecule has 3 rings (SSSR count). The zero-order valence-electron chi connectivity index (χ0n) is 12.2. The zero-order valence-corrected chi connectivity index (χ0v) is 14.7. The van der Waals surface area contributed by atoms with E-state index in [0.29, 0.717) is 15.4 Å². The Kier molecular flexibility index (Phi) is 5.04. The lowest BCUT2D eigenvalue weighted by atomic mass is 10.2. The summed E-state index contributed by atoms with van der Waals surface area (Å²) in [6.45, 7) is 2.10. The van der Waals surface area contributed by atoms with Crippen molar-refractivity contribution >= 4 is 56.2 Å². The number of hydrogen-bond donors (Lipinski definition) is 1. The van der Waals surface area contributed by atoms with Crippen molar-refractivity contribution in [2.75, 3.05) is 11.1 Å². The smallest absolute Gasteiger partial charge is 0.267 e. The van der Waals surface area contributed by atoms with Gasteiger partial charge in [0.25, 0.3) is 5.91 Å². The van der Waals surface area contributed by atoms with Crippen LogP contribution in [0.3, 0.4) is 0 Å². The molecule has 0 saturated carbocycles. The van der Waals surface area contributed by atoms with Crippen LogP contribution in [0.5, 0.6) is 0 Å². The molecule has 0 atom stereocenters. The maximum absolute atomic E-state index is 12.3. The van der Waals surface area contributed by atoms with Gasteiger partial charge in [0.1, 0.15) is 0 Å². The Balaban J connectivity index is 1.80. The molecule has 3 aromatic rings. The predicted molar refractivity (Wildman–Crippen MR) is 97.0 cm³/mol. The van der Waals surface area contributed by atoms with Crippen molar-refractivity contribution in [2.45, 2.75) is 17.7 Å². The molecule has 2 aromatic heterocycles. The monoisotopic (exact) mass is 363 g/mol. The van der Waals surface area contributed by atoms with Gasteiger partial charge in [-0.1, -0.05) is 59.6 Å². The van der Waals surface area contributed by atoms with Crippen LogP contribution in [-0.2, 0) is 0 Å². The van der Waals surface area contributed by atoms with Crippen LogP contribution < -0.4 is 10.1 Å². The first kappa shape index (κ1) is 16.1.